The van der Waals surface area contributed by atoms with Crippen LogP contribution in [0.1, 0.15) is 43.2 Å². The number of nitrogens with one attached hydrogen (secondary N) is 1. The summed E-state index contributed by atoms with van der Waals surface area (Å²) in [6, 6.07) is 18.4. The lowest BCUT2D eigenvalue weighted by molar-refractivity contribution is 0.0961. The molecule has 166 valence electrons. The largest absolute Gasteiger partial charge is 0.494 e. The Morgan fingerprint density at radius 2 is 2.03 bits per heavy atom. The van der Waals surface area contributed by atoms with Crippen LogP contribution in [0.15, 0.2) is 67.0 Å². The van der Waals surface area contributed by atoms with Crippen molar-refractivity contribution in [1.82, 2.24) is 14.9 Å². The first-order valence-corrected chi connectivity index (χ1v) is 11.7. The predicted octanol–water partition coefficient (Wildman–Crippen LogP) is 4.64. The number of aromatic nitrogens is 2. The molecular weight excluding hydrogens is 420 g/mol. The van der Waals surface area contributed by atoms with Crippen molar-refractivity contribution in [2.75, 3.05) is 18.1 Å². The van der Waals surface area contributed by atoms with E-state index in [2.05, 4.69) is 56.3 Å². The Bertz CT molecular complexity index is 1050. The van der Waals surface area contributed by atoms with E-state index in [1.807, 2.05) is 37.4 Å². The van der Waals surface area contributed by atoms with Gasteiger partial charge in [0.25, 0.3) is 0 Å². The smallest absolute Gasteiger partial charge is 0.174 e. The summed E-state index contributed by atoms with van der Waals surface area (Å²) in [7, 11) is 0. The van der Waals surface area contributed by atoms with Gasteiger partial charge in [-0.2, -0.15) is 0 Å². The van der Waals surface area contributed by atoms with Crippen LogP contribution in [0, 0.1) is 0 Å². The second-order valence-electron chi connectivity index (χ2n) is 8.14. The lowest BCUT2D eigenvalue weighted by atomic mass is 10.0. The molecule has 0 radical (unpaired) electrons. The summed E-state index contributed by atoms with van der Waals surface area (Å²) in [5.74, 6) is 0.855. The Morgan fingerprint density at radius 1 is 1.16 bits per heavy atom. The quantitative estimate of drug-likeness (QED) is 0.532. The number of rotatable bonds is 7. The van der Waals surface area contributed by atoms with Gasteiger partial charge in [0.05, 0.1) is 24.4 Å². The summed E-state index contributed by atoms with van der Waals surface area (Å²) in [5, 5.41) is 4.23. The second-order valence-corrected chi connectivity index (χ2v) is 8.53. The lowest BCUT2D eigenvalue weighted by Gasteiger charge is -2.29. The molecule has 3 atom stereocenters. The summed E-state index contributed by atoms with van der Waals surface area (Å²) < 4.78 is 13.9. The first kappa shape index (κ1) is 21.0. The Morgan fingerprint density at radius 3 is 2.75 bits per heavy atom. The molecule has 2 saturated heterocycles. The highest BCUT2D eigenvalue weighted by molar-refractivity contribution is 7.80. The van der Waals surface area contributed by atoms with E-state index in [-0.39, 0.29) is 18.2 Å². The molecule has 6 nitrogen and oxygen atoms in total. The van der Waals surface area contributed by atoms with E-state index in [0.717, 1.165) is 43.1 Å². The van der Waals surface area contributed by atoms with Crippen molar-refractivity contribution in [2.24, 2.45) is 0 Å². The number of pyridine rings is 1. The van der Waals surface area contributed by atoms with Crippen molar-refractivity contribution in [3.05, 3.63) is 78.4 Å². The first-order valence-electron chi connectivity index (χ1n) is 11.2. The van der Waals surface area contributed by atoms with Crippen molar-refractivity contribution in [2.45, 2.75) is 44.5 Å². The maximum atomic E-state index is 5.92. The molecule has 2 aliphatic rings. The third-order valence-electron chi connectivity index (χ3n) is 6.12. The monoisotopic (exact) mass is 448 g/mol. The van der Waals surface area contributed by atoms with Crippen LogP contribution in [0.5, 0.6) is 5.75 Å². The molecule has 0 spiro atoms. The number of ether oxygens (including phenoxy) is 2. The number of hydrogen-bond acceptors (Lipinski definition) is 4. The van der Waals surface area contributed by atoms with Crippen molar-refractivity contribution in [3.63, 3.8) is 0 Å². The topological polar surface area (TPSA) is 51.5 Å². The third kappa shape index (κ3) is 4.10. The molecule has 32 heavy (non-hydrogen) atoms. The average Bonchev–Trinajstić information content (AvgIpc) is 3.56. The van der Waals surface area contributed by atoms with Crippen LogP contribution in [-0.2, 0) is 11.3 Å². The van der Waals surface area contributed by atoms with Crippen molar-refractivity contribution >= 4 is 23.0 Å². The fourth-order valence-corrected chi connectivity index (χ4v) is 5.02. The molecule has 0 unspecified atom stereocenters. The molecule has 2 aliphatic heterocycles. The fraction of sp³-hybridized carbons (Fsp3) is 0.360. The van der Waals surface area contributed by atoms with Crippen molar-refractivity contribution in [3.8, 4) is 5.75 Å². The van der Waals surface area contributed by atoms with E-state index >= 15 is 0 Å². The Labute approximate surface area is 194 Å². The Hall–Kier alpha value is -2.90. The van der Waals surface area contributed by atoms with Gasteiger partial charge in [0.15, 0.2) is 5.11 Å². The summed E-state index contributed by atoms with van der Waals surface area (Å²) in [4.78, 5) is 6.85. The van der Waals surface area contributed by atoms with Gasteiger partial charge < -0.3 is 24.3 Å². The SMILES string of the molecule is CCOc1ccc(N2C(=S)N[C@H](c3ccccn3)[C@H]2c2cccn2C[C@H]2CCCO2)cc1. The average molecular weight is 449 g/mol. The molecule has 5 rings (SSSR count). The summed E-state index contributed by atoms with van der Waals surface area (Å²) in [6.45, 7) is 4.33. The fourth-order valence-electron chi connectivity index (χ4n) is 4.67. The lowest BCUT2D eigenvalue weighted by Crippen LogP contribution is -2.31. The Kier molecular flexibility index (Phi) is 6.10. The summed E-state index contributed by atoms with van der Waals surface area (Å²) in [5.41, 5.74) is 3.19. The van der Waals surface area contributed by atoms with Gasteiger partial charge in [0.1, 0.15) is 11.8 Å². The first-order chi connectivity index (χ1) is 15.7. The van der Waals surface area contributed by atoms with Crippen LogP contribution < -0.4 is 15.0 Å². The minimum Gasteiger partial charge on any atom is -0.494 e. The van der Waals surface area contributed by atoms with Crippen molar-refractivity contribution in [1.29, 1.82) is 0 Å². The van der Waals surface area contributed by atoms with Gasteiger partial charge in [-0.25, -0.2) is 0 Å². The van der Waals surface area contributed by atoms with Crippen molar-refractivity contribution < 1.29 is 9.47 Å². The van der Waals surface area contributed by atoms with Gasteiger partial charge in [-0.3, -0.25) is 4.98 Å². The molecule has 2 aromatic heterocycles. The highest BCUT2D eigenvalue weighted by atomic mass is 32.1. The zero-order chi connectivity index (χ0) is 21.9. The van der Waals surface area contributed by atoms with Gasteiger partial charge >= 0.3 is 0 Å². The van der Waals surface area contributed by atoms with Gasteiger partial charge in [-0.05, 0) is 80.5 Å². The number of nitrogens with zero attached hydrogens (tertiary/aromatic N) is 3. The number of anilines is 1. The highest BCUT2D eigenvalue weighted by Gasteiger charge is 2.42. The summed E-state index contributed by atoms with van der Waals surface area (Å²) >= 11 is 5.84. The minimum atomic E-state index is -0.0617. The van der Waals surface area contributed by atoms with Gasteiger partial charge in [-0.1, -0.05) is 6.07 Å². The van der Waals surface area contributed by atoms with E-state index < -0.39 is 0 Å². The van der Waals surface area contributed by atoms with Gasteiger partial charge in [-0.15, -0.1) is 0 Å². The van der Waals surface area contributed by atoms with Gasteiger partial charge in [0, 0.05) is 36.9 Å². The van der Waals surface area contributed by atoms with Crippen LogP contribution in [0.2, 0.25) is 0 Å². The third-order valence-corrected chi connectivity index (χ3v) is 6.43. The summed E-state index contributed by atoms with van der Waals surface area (Å²) in [6.07, 6.45) is 6.47. The highest BCUT2D eigenvalue weighted by Crippen LogP contribution is 2.42. The van der Waals surface area contributed by atoms with E-state index in [1.54, 1.807) is 0 Å². The van der Waals surface area contributed by atoms with Crippen LogP contribution >= 0.6 is 12.2 Å². The molecule has 3 aromatic rings. The van der Waals surface area contributed by atoms with E-state index in [4.69, 9.17) is 21.7 Å². The standard InChI is InChI=1S/C25H28N4O2S/c1-2-30-19-12-10-18(11-13-19)29-24(23(27-25(29)32)21-8-3-4-14-26-21)22-9-5-15-28(22)17-20-7-6-16-31-20/h3-5,8-15,20,23-24H,2,6-7,16-17H2,1H3,(H,27,32)/t20-,23-,24-/m1/s1. The van der Waals surface area contributed by atoms with Crippen LogP contribution in [0.25, 0.3) is 0 Å². The molecular formula is C25H28N4O2S. The molecule has 2 fully saturated rings. The molecule has 0 aliphatic carbocycles. The molecule has 0 amide bonds. The molecule has 4 heterocycles. The molecule has 1 aromatic carbocycles. The molecule has 0 bridgehead atoms. The van der Waals surface area contributed by atoms with Crippen LogP contribution in [0.4, 0.5) is 5.69 Å². The van der Waals surface area contributed by atoms with Crippen LogP contribution in [0.3, 0.4) is 0 Å². The van der Waals surface area contributed by atoms with E-state index in [0.29, 0.717) is 11.7 Å². The van der Waals surface area contributed by atoms with Crippen LogP contribution in [-0.4, -0.2) is 34.0 Å². The normalized spacial score (nSPS) is 22.8. The van der Waals surface area contributed by atoms with Gasteiger partial charge in [0.2, 0.25) is 0 Å². The zero-order valence-corrected chi connectivity index (χ0v) is 19.0. The second kappa shape index (κ2) is 9.30. The van der Waals surface area contributed by atoms with E-state index in [9.17, 15) is 0 Å². The predicted molar refractivity (Wildman–Crippen MR) is 129 cm³/mol. The molecule has 0 saturated carbocycles. The minimum absolute atomic E-state index is 0.0354. The molecule has 7 heteroatoms. The van der Waals surface area contributed by atoms with E-state index in [1.165, 1.54) is 5.69 Å². The maximum absolute atomic E-state index is 5.92. The Balaban J connectivity index is 1.54. The molecule has 1 N–H and O–H groups in total. The number of hydrogen-bond donors (Lipinski definition) is 1. The zero-order valence-electron chi connectivity index (χ0n) is 18.2. The number of benzene rings is 1. The number of thiocarbonyl (C=S) groups is 1. The maximum Gasteiger partial charge on any atom is 0.174 e.